The Morgan fingerprint density at radius 2 is 2.03 bits per heavy atom. The summed E-state index contributed by atoms with van der Waals surface area (Å²) in [5.74, 6) is 0. The van der Waals surface area contributed by atoms with Crippen molar-refractivity contribution in [1.82, 2.24) is 9.38 Å². The molecule has 0 amide bonds. The van der Waals surface area contributed by atoms with E-state index < -0.39 is 0 Å². The molecule has 3 heterocycles. The van der Waals surface area contributed by atoms with Gasteiger partial charge in [0.1, 0.15) is 5.65 Å². The van der Waals surface area contributed by atoms with E-state index in [1.807, 2.05) is 42.5 Å². The maximum absolute atomic E-state index is 13.2. The highest BCUT2D eigenvalue weighted by Gasteiger charge is 2.16. The molecule has 1 N–H and O–H groups in total. The average Bonchev–Trinajstić information content (AvgIpc) is 3.25. The van der Waals surface area contributed by atoms with E-state index in [9.17, 15) is 4.79 Å². The van der Waals surface area contributed by atoms with Crippen LogP contribution in [-0.2, 0) is 11.2 Å². The van der Waals surface area contributed by atoms with Gasteiger partial charge < -0.3 is 10.1 Å². The van der Waals surface area contributed by atoms with E-state index in [0.717, 1.165) is 62.2 Å². The molecule has 0 unspecified atom stereocenters. The number of benzene rings is 1. The van der Waals surface area contributed by atoms with Gasteiger partial charge in [-0.2, -0.15) is 0 Å². The normalized spacial score (nSPS) is 16.0. The molecule has 1 aliphatic rings. The van der Waals surface area contributed by atoms with Crippen LogP contribution in [0.15, 0.2) is 53.5 Å². The van der Waals surface area contributed by atoms with Gasteiger partial charge in [-0.1, -0.05) is 31.5 Å². The zero-order valence-corrected chi connectivity index (χ0v) is 17.6. The maximum atomic E-state index is 13.2. The first-order chi connectivity index (χ1) is 13.8. The number of rotatable bonds is 7. The first-order valence-electron chi connectivity index (χ1n) is 10.2. The predicted octanol–water partition coefficient (Wildman–Crippen LogP) is 4.72. The van der Waals surface area contributed by atoms with Crippen molar-refractivity contribution in [2.45, 2.75) is 45.1 Å². The number of nitrogens with zero attached hydrogens (tertiary/aromatic N) is 2. The van der Waals surface area contributed by atoms with Gasteiger partial charge in [-0.15, -0.1) is 12.4 Å². The summed E-state index contributed by atoms with van der Waals surface area (Å²) in [6.07, 6.45) is 7.25. The Balaban J connectivity index is 0.00000240. The van der Waals surface area contributed by atoms with Crippen LogP contribution >= 0.6 is 12.4 Å². The molecule has 1 saturated heterocycles. The van der Waals surface area contributed by atoms with Crippen LogP contribution in [-0.4, -0.2) is 28.6 Å². The Bertz CT molecular complexity index is 995. The molecule has 0 aliphatic carbocycles. The molecule has 1 fully saturated rings. The van der Waals surface area contributed by atoms with Crippen LogP contribution in [0.3, 0.4) is 0 Å². The van der Waals surface area contributed by atoms with Crippen molar-refractivity contribution in [3.63, 3.8) is 0 Å². The van der Waals surface area contributed by atoms with E-state index in [4.69, 9.17) is 9.72 Å². The molecule has 2 aromatic heterocycles. The molecule has 1 aromatic carbocycles. The van der Waals surface area contributed by atoms with Crippen molar-refractivity contribution < 1.29 is 4.74 Å². The minimum absolute atomic E-state index is 0. The topological polar surface area (TPSA) is 55.6 Å². The molecule has 1 atom stereocenters. The average molecular weight is 414 g/mol. The van der Waals surface area contributed by atoms with Gasteiger partial charge in [-0.25, -0.2) is 4.98 Å². The number of aryl methyl sites for hydroxylation is 1. The molecule has 6 heteroatoms. The molecule has 3 aromatic rings. The number of ether oxygens (including phenoxy) is 1. The number of nitrogens with one attached hydrogen (secondary N) is 1. The number of fused-ring (bicyclic) bond motifs is 1. The second-order valence-electron chi connectivity index (χ2n) is 7.36. The SMILES string of the molecule is CCCCc1nc2ccccn2c(=O)c1-c1ccc(NC[C@@H]2CCCO2)cc1.Cl. The first-order valence-corrected chi connectivity index (χ1v) is 10.2. The standard InChI is InChI=1S/C23H27N3O2.ClH/c1-2-3-8-20-22(23(27)26-14-5-4-9-21(26)25-20)17-10-12-18(13-11-17)24-16-19-7-6-15-28-19;/h4-5,9-14,19,24H,2-3,6-8,15-16H2,1H3;1H/t19-;/m0./s1. The second kappa shape index (κ2) is 9.90. The van der Waals surface area contributed by atoms with Crippen molar-refractivity contribution in [2.75, 3.05) is 18.5 Å². The summed E-state index contributed by atoms with van der Waals surface area (Å²) in [5.41, 5.74) is 4.27. The monoisotopic (exact) mass is 413 g/mol. The molecule has 0 spiro atoms. The van der Waals surface area contributed by atoms with Crippen molar-refractivity contribution in [3.05, 3.63) is 64.7 Å². The quantitative estimate of drug-likeness (QED) is 0.609. The van der Waals surface area contributed by atoms with Crippen molar-refractivity contribution in [2.24, 2.45) is 0 Å². The highest BCUT2D eigenvalue weighted by atomic mass is 35.5. The largest absolute Gasteiger partial charge is 0.382 e. The van der Waals surface area contributed by atoms with Crippen LogP contribution in [0.2, 0.25) is 0 Å². The molecule has 5 nitrogen and oxygen atoms in total. The van der Waals surface area contributed by atoms with E-state index >= 15 is 0 Å². The van der Waals surface area contributed by atoms with E-state index in [1.54, 1.807) is 10.6 Å². The summed E-state index contributed by atoms with van der Waals surface area (Å²) >= 11 is 0. The van der Waals surface area contributed by atoms with Crippen LogP contribution in [0.4, 0.5) is 5.69 Å². The molecule has 0 radical (unpaired) electrons. The minimum Gasteiger partial charge on any atom is -0.382 e. The Morgan fingerprint density at radius 3 is 2.76 bits per heavy atom. The smallest absolute Gasteiger partial charge is 0.265 e. The molecule has 1 aliphatic heterocycles. The van der Waals surface area contributed by atoms with Crippen LogP contribution in [0, 0.1) is 0 Å². The summed E-state index contributed by atoms with van der Waals surface area (Å²) in [7, 11) is 0. The number of anilines is 1. The van der Waals surface area contributed by atoms with Gasteiger partial charge in [-0.3, -0.25) is 9.20 Å². The van der Waals surface area contributed by atoms with Gasteiger partial charge in [0.05, 0.1) is 17.4 Å². The maximum Gasteiger partial charge on any atom is 0.265 e. The Morgan fingerprint density at radius 1 is 1.21 bits per heavy atom. The lowest BCUT2D eigenvalue weighted by molar-refractivity contribution is 0.120. The molecular formula is C23H28ClN3O2. The third kappa shape index (κ3) is 4.80. The van der Waals surface area contributed by atoms with Crippen LogP contribution in [0.25, 0.3) is 16.8 Å². The van der Waals surface area contributed by atoms with E-state index in [0.29, 0.717) is 17.3 Å². The number of unbranched alkanes of at least 4 members (excludes halogenated alkanes) is 1. The number of hydrogen-bond acceptors (Lipinski definition) is 4. The molecule has 154 valence electrons. The lowest BCUT2D eigenvalue weighted by Crippen LogP contribution is -2.20. The number of pyridine rings is 1. The van der Waals surface area contributed by atoms with Crippen LogP contribution in [0.1, 0.15) is 38.3 Å². The molecule has 29 heavy (non-hydrogen) atoms. The fraction of sp³-hybridized carbons (Fsp3) is 0.391. The van der Waals surface area contributed by atoms with Gasteiger partial charge in [-0.05, 0) is 55.5 Å². The van der Waals surface area contributed by atoms with Crippen LogP contribution < -0.4 is 10.9 Å². The zero-order valence-electron chi connectivity index (χ0n) is 16.8. The van der Waals surface area contributed by atoms with Gasteiger partial charge in [0.2, 0.25) is 0 Å². The van der Waals surface area contributed by atoms with Crippen molar-refractivity contribution in [3.8, 4) is 11.1 Å². The Hall–Kier alpha value is -2.37. The lowest BCUT2D eigenvalue weighted by Gasteiger charge is -2.13. The highest BCUT2D eigenvalue weighted by Crippen LogP contribution is 2.23. The number of halogens is 1. The summed E-state index contributed by atoms with van der Waals surface area (Å²) < 4.78 is 7.30. The van der Waals surface area contributed by atoms with E-state index in [2.05, 4.69) is 12.2 Å². The molecule has 0 bridgehead atoms. The highest BCUT2D eigenvalue weighted by molar-refractivity contribution is 5.85. The second-order valence-corrected chi connectivity index (χ2v) is 7.36. The fourth-order valence-corrected chi connectivity index (χ4v) is 3.74. The van der Waals surface area contributed by atoms with Gasteiger partial charge in [0, 0.05) is 25.0 Å². The summed E-state index contributed by atoms with van der Waals surface area (Å²) in [6.45, 7) is 3.84. The molecule has 0 saturated carbocycles. The predicted molar refractivity (Wildman–Crippen MR) is 120 cm³/mol. The summed E-state index contributed by atoms with van der Waals surface area (Å²) in [5, 5.41) is 3.43. The molecule has 4 rings (SSSR count). The number of hydrogen-bond donors (Lipinski definition) is 1. The van der Waals surface area contributed by atoms with Crippen LogP contribution in [0.5, 0.6) is 0 Å². The zero-order chi connectivity index (χ0) is 19.3. The van der Waals surface area contributed by atoms with Gasteiger partial charge >= 0.3 is 0 Å². The van der Waals surface area contributed by atoms with E-state index in [-0.39, 0.29) is 18.0 Å². The minimum atomic E-state index is -0.00299. The third-order valence-electron chi connectivity index (χ3n) is 5.31. The van der Waals surface area contributed by atoms with Gasteiger partial charge in [0.25, 0.3) is 5.56 Å². The fourth-order valence-electron chi connectivity index (χ4n) is 3.74. The van der Waals surface area contributed by atoms with Crippen molar-refractivity contribution in [1.29, 1.82) is 0 Å². The van der Waals surface area contributed by atoms with E-state index in [1.165, 1.54) is 0 Å². The Kier molecular flexibility index (Phi) is 7.29. The summed E-state index contributed by atoms with van der Waals surface area (Å²) in [6, 6.07) is 13.8. The summed E-state index contributed by atoms with van der Waals surface area (Å²) in [4.78, 5) is 18.0. The number of aromatic nitrogens is 2. The third-order valence-corrected chi connectivity index (χ3v) is 5.31. The molecular weight excluding hydrogens is 386 g/mol. The lowest BCUT2D eigenvalue weighted by atomic mass is 10.0. The Labute approximate surface area is 177 Å². The van der Waals surface area contributed by atoms with Crippen molar-refractivity contribution >= 4 is 23.7 Å². The van der Waals surface area contributed by atoms with Gasteiger partial charge in [0.15, 0.2) is 0 Å². The first kappa shape index (κ1) is 21.3.